The van der Waals surface area contributed by atoms with Crippen LogP contribution < -0.4 is 5.09 Å². The quantitative estimate of drug-likeness (QED) is 0.746. The zero-order chi connectivity index (χ0) is 10.4. The van der Waals surface area contributed by atoms with Crippen molar-refractivity contribution in [2.24, 2.45) is 0 Å². The molecule has 5 heteroatoms. The second-order valence-corrected chi connectivity index (χ2v) is 3.93. The predicted molar refractivity (Wildman–Crippen MR) is 60.4 cm³/mol. The lowest BCUT2D eigenvalue weighted by atomic mass is 10.1. The number of benzene rings is 1. The van der Waals surface area contributed by atoms with E-state index >= 15 is 0 Å². The highest BCUT2D eigenvalue weighted by atomic mass is 32.4. The summed E-state index contributed by atoms with van der Waals surface area (Å²) in [5, 5.41) is 11.6. The van der Waals surface area contributed by atoms with Gasteiger partial charge in [-0.3, -0.25) is 4.79 Å². The highest BCUT2D eigenvalue weighted by Crippen LogP contribution is 2.05. The number of carboxylic acid groups (broad SMARTS) is 1. The molecule has 0 spiro atoms. The van der Waals surface area contributed by atoms with Crippen LogP contribution in [0.5, 0.6) is 0 Å². The first-order valence-electron chi connectivity index (χ1n) is 4.13. The minimum atomic E-state index is -0.855. The fourth-order valence-electron chi connectivity index (χ4n) is 1.12. The monoisotopic (exact) mass is 228 g/mol. The number of hydrogen-bond donors (Lipinski definition) is 2. The van der Waals surface area contributed by atoms with Gasteiger partial charge in [-0.2, -0.15) is 0 Å². The Morgan fingerprint density at radius 2 is 2.14 bits per heavy atom. The predicted octanol–water partition coefficient (Wildman–Crippen LogP) is 1.33. The Morgan fingerprint density at radius 1 is 1.50 bits per heavy atom. The molecule has 0 heterocycles. The Balaban J connectivity index is 2.64. The molecule has 0 aromatic heterocycles. The molecule has 0 bridgehead atoms. The van der Waals surface area contributed by atoms with Crippen LogP contribution in [0.1, 0.15) is 5.56 Å². The molecular formula is C9H11NO2PS+. The summed E-state index contributed by atoms with van der Waals surface area (Å²) in [6, 6.07) is 8.93. The van der Waals surface area contributed by atoms with Crippen LogP contribution in [0.3, 0.4) is 0 Å². The van der Waals surface area contributed by atoms with Gasteiger partial charge in [-0.05, 0) is 5.56 Å². The van der Waals surface area contributed by atoms with Gasteiger partial charge >= 0.3 is 5.97 Å². The van der Waals surface area contributed by atoms with Crippen molar-refractivity contribution in [1.82, 2.24) is 5.09 Å². The Bertz CT molecular complexity index is 318. The number of rotatable bonds is 5. The molecule has 2 N–H and O–H groups in total. The van der Waals surface area contributed by atoms with Crippen LogP contribution in [0.15, 0.2) is 30.3 Å². The van der Waals surface area contributed by atoms with Gasteiger partial charge in [0, 0.05) is 6.42 Å². The first kappa shape index (κ1) is 11.2. The molecule has 0 aliphatic heterocycles. The average Bonchev–Trinajstić information content (AvgIpc) is 2.18. The molecule has 14 heavy (non-hydrogen) atoms. The van der Waals surface area contributed by atoms with Gasteiger partial charge in [0.1, 0.15) is 6.04 Å². The third-order valence-corrected chi connectivity index (χ3v) is 2.63. The zero-order valence-electron chi connectivity index (χ0n) is 7.43. The van der Waals surface area contributed by atoms with Crippen LogP contribution in [0, 0.1) is 0 Å². The van der Waals surface area contributed by atoms with Gasteiger partial charge in [-0.1, -0.05) is 30.3 Å². The lowest BCUT2D eigenvalue weighted by molar-refractivity contribution is -0.138. The highest BCUT2D eigenvalue weighted by molar-refractivity contribution is 7.95. The molecular weight excluding hydrogens is 217 g/mol. The van der Waals surface area contributed by atoms with Crippen molar-refractivity contribution in [2.45, 2.75) is 12.5 Å². The van der Waals surface area contributed by atoms with E-state index in [1.54, 1.807) is 0 Å². The lowest BCUT2D eigenvalue weighted by Crippen LogP contribution is -2.32. The normalized spacial score (nSPS) is 12.6. The van der Waals surface area contributed by atoms with Crippen LogP contribution in [-0.2, 0) is 23.0 Å². The van der Waals surface area contributed by atoms with Crippen molar-refractivity contribution in [3.05, 3.63) is 35.9 Å². The molecule has 0 radical (unpaired) electrons. The molecule has 0 aliphatic carbocycles. The highest BCUT2D eigenvalue weighted by Gasteiger charge is 2.19. The summed E-state index contributed by atoms with van der Waals surface area (Å²) in [6.07, 6.45) is 0.472. The zero-order valence-corrected chi connectivity index (χ0v) is 9.25. The SMILES string of the molecule is O=C(O)C(Cc1ccccc1)N[PH+]=S. The first-order valence-corrected chi connectivity index (χ1v) is 6.26. The fourth-order valence-corrected chi connectivity index (χ4v) is 1.92. The van der Waals surface area contributed by atoms with Gasteiger partial charge < -0.3 is 5.11 Å². The van der Waals surface area contributed by atoms with E-state index < -0.39 is 12.0 Å². The number of nitrogens with one attached hydrogen (secondary N) is 1. The molecule has 0 saturated heterocycles. The summed E-state index contributed by atoms with van der Waals surface area (Å²) in [5.74, 6) is -0.855. The molecule has 1 rings (SSSR count). The Hall–Kier alpha value is -0.830. The standard InChI is InChI=1S/C9H10NO2PS/c11-9(12)8(10-13-14)6-7-4-2-1-3-5-7/h1-5,8H,6H2,(H,10,14)(H,11,12)/p+1. The van der Waals surface area contributed by atoms with E-state index in [-0.39, 0.29) is 7.51 Å². The molecule has 0 fully saturated rings. The number of carboxylic acids is 1. The largest absolute Gasteiger partial charge is 0.480 e. The summed E-state index contributed by atoms with van der Waals surface area (Å²) < 4.78 is 0. The maximum atomic E-state index is 10.8. The van der Waals surface area contributed by atoms with Gasteiger partial charge in [0.2, 0.25) is 7.51 Å². The van der Waals surface area contributed by atoms with Gasteiger partial charge in [0.05, 0.1) is 0 Å². The van der Waals surface area contributed by atoms with Crippen molar-refractivity contribution < 1.29 is 9.90 Å². The molecule has 0 aliphatic rings. The van der Waals surface area contributed by atoms with Gasteiger partial charge in [0.25, 0.3) is 0 Å². The van der Waals surface area contributed by atoms with Crippen LogP contribution in [0.2, 0.25) is 0 Å². The average molecular weight is 228 g/mol. The van der Waals surface area contributed by atoms with E-state index in [0.717, 1.165) is 5.56 Å². The van der Waals surface area contributed by atoms with Crippen LogP contribution in [0.4, 0.5) is 0 Å². The number of carbonyl (C=O) groups is 1. The summed E-state index contributed by atoms with van der Waals surface area (Å²) in [5.41, 5.74) is 1.00. The van der Waals surface area contributed by atoms with Gasteiger partial charge in [-0.25, -0.2) is 0 Å². The minimum absolute atomic E-state index is 0.0351. The minimum Gasteiger partial charge on any atom is -0.480 e. The summed E-state index contributed by atoms with van der Waals surface area (Å²) >= 11 is 4.72. The van der Waals surface area contributed by atoms with Gasteiger partial charge in [0.15, 0.2) is 11.8 Å². The first-order chi connectivity index (χ1) is 6.74. The van der Waals surface area contributed by atoms with E-state index in [9.17, 15) is 4.79 Å². The summed E-state index contributed by atoms with van der Waals surface area (Å²) in [6.45, 7) is 0. The van der Waals surface area contributed by atoms with Crippen molar-refractivity contribution in [1.29, 1.82) is 0 Å². The molecule has 74 valence electrons. The molecule has 2 unspecified atom stereocenters. The second kappa shape index (κ2) is 5.81. The van der Waals surface area contributed by atoms with Crippen molar-refractivity contribution in [3.8, 4) is 0 Å². The smallest absolute Gasteiger partial charge is 0.325 e. The van der Waals surface area contributed by atoms with Crippen LogP contribution in [-0.4, -0.2) is 17.1 Å². The van der Waals surface area contributed by atoms with Gasteiger partial charge in [-0.15, -0.1) is 5.09 Å². The molecule has 0 saturated carbocycles. The molecule has 0 amide bonds. The Kier molecular flexibility index (Phi) is 4.66. The number of hydrogen-bond acceptors (Lipinski definition) is 2. The Morgan fingerprint density at radius 3 is 2.64 bits per heavy atom. The van der Waals surface area contributed by atoms with Crippen molar-refractivity contribution in [3.63, 3.8) is 0 Å². The van der Waals surface area contributed by atoms with E-state index in [2.05, 4.69) is 5.09 Å². The summed E-state index contributed by atoms with van der Waals surface area (Å²) in [7, 11) is 0.0351. The van der Waals surface area contributed by atoms with E-state index in [0.29, 0.717) is 6.42 Å². The molecule has 1 aromatic rings. The molecule has 2 atom stereocenters. The van der Waals surface area contributed by atoms with Crippen molar-refractivity contribution in [2.75, 3.05) is 0 Å². The fraction of sp³-hybridized carbons (Fsp3) is 0.222. The van der Waals surface area contributed by atoms with E-state index in [1.165, 1.54) is 0 Å². The third kappa shape index (κ3) is 3.50. The van der Waals surface area contributed by atoms with Crippen molar-refractivity contribution >= 4 is 25.3 Å². The van der Waals surface area contributed by atoms with Crippen LogP contribution >= 0.6 is 7.51 Å². The topological polar surface area (TPSA) is 49.3 Å². The summed E-state index contributed by atoms with van der Waals surface area (Å²) in [4.78, 5) is 10.8. The third-order valence-electron chi connectivity index (χ3n) is 1.81. The van der Waals surface area contributed by atoms with E-state index in [4.69, 9.17) is 16.9 Å². The number of aliphatic carboxylic acids is 1. The lowest BCUT2D eigenvalue weighted by Gasteiger charge is -2.06. The maximum absolute atomic E-state index is 10.8. The second-order valence-electron chi connectivity index (χ2n) is 2.83. The Labute approximate surface area is 89.0 Å². The molecule has 1 aromatic carbocycles. The van der Waals surface area contributed by atoms with E-state index in [1.807, 2.05) is 30.3 Å². The molecule has 3 nitrogen and oxygen atoms in total. The maximum Gasteiger partial charge on any atom is 0.325 e. The van der Waals surface area contributed by atoms with Crippen LogP contribution in [0.25, 0.3) is 0 Å².